The van der Waals surface area contributed by atoms with Crippen molar-refractivity contribution in [3.8, 4) is 0 Å². The van der Waals surface area contributed by atoms with Gasteiger partial charge in [0, 0.05) is 58.3 Å². The molecule has 1 aromatic heterocycles. The number of benzene rings is 1. The van der Waals surface area contributed by atoms with Gasteiger partial charge in [-0.05, 0) is 43.9 Å². The molecule has 7 nitrogen and oxygen atoms in total. The first-order valence-electron chi connectivity index (χ1n) is 13.0. The van der Waals surface area contributed by atoms with Gasteiger partial charge >= 0.3 is 6.03 Å². The molecule has 2 aromatic rings. The Bertz CT molecular complexity index is 906. The fourth-order valence-corrected chi connectivity index (χ4v) is 4.80. The first-order valence-corrected chi connectivity index (χ1v) is 13.0. The van der Waals surface area contributed by atoms with Crippen LogP contribution in [0.1, 0.15) is 56.7 Å². The molecule has 1 aliphatic carbocycles. The molecule has 35 heavy (non-hydrogen) atoms. The number of amides is 3. The Balaban J connectivity index is 1.75. The third kappa shape index (κ3) is 8.13. The highest BCUT2D eigenvalue weighted by Gasteiger charge is 2.29. The molecular weight excluding hydrogens is 440 g/mol. The summed E-state index contributed by atoms with van der Waals surface area (Å²) in [6.45, 7) is 5.14. The van der Waals surface area contributed by atoms with E-state index in [1.165, 1.54) is 12.0 Å². The summed E-state index contributed by atoms with van der Waals surface area (Å²) in [7, 11) is 3.47. The molecule has 0 bridgehead atoms. The maximum atomic E-state index is 13.7. The number of carbonyl (C=O) groups is 2. The highest BCUT2D eigenvalue weighted by molar-refractivity contribution is 5.84. The molecule has 0 N–H and O–H groups in total. The third-order valence-electron chi connectivity index (χ3n) is 6.69. The zero-order valence-electron chi connectivity index (χ0n) is 21.7. The molecule has 7 heteroatoms. The fourth-order valence-electron chi connectivity index (χ4n) is 4.80. The number of rotatable bonds is 12. The highest BCUT2D eigenvalue weighted by atomic mass is 16.5. The zero-order chi connectivity index (χ0) is 25.0. The number of ether oxygens (including phenoxy) is 1. The van der Waals surface area contributed by atoms with Crippen molar-refractivity contribution < 1.29 is 14.3 Å². The van der Waals surface area contributed by atoms with Crippen LogP contribution in [0, 0.1) is 0 Å². The molecule has 1 saturated carbocycles. The lowest BCUT2D eigenvalue weighted by Gasteiger charge is -2.36. The molecule has 3 rings (SSSR count). The molecule has 1 aliphatic rings. The molecule has 1 fully saturated rings. The summed E-state index contributed by atoms with van der Waals surface area (Å²) >= 11 is 0. The molecule has 1 aromatic carbocycles. The minimum atomic E-state index is -0.133. The SMILES string of the molecule is CCOCCCN(CC(=O)N(Cc1cccn1Cc1ccccc1)C1CCCCC1)C(=O)N(C)C. The van der Waals surface area contributed by atoms with E-state index in [1.807, 2.05) is 17.9 Å². The normalized spacial score (nSPS) is 14.0. The molecule has 0 saturated heterocycles. The summed E-state index contributed by atoms with van der Waals surface area (Å²) in [6, 6.07) is 14.6. The Morgan fingerprint density at radius 1 is 1.03 bits per heavy atom. The van der Waals surface area contributed by atoms with Crippen molar-refractivity contribution in [1.29, 1.82) is 0 Å². The quantitative estimate of drug-likeness (QED) is 0.415. The second-order valence-electron chi connectivity index (χ2n) is 9.58. The summed E-state index contributed by atoms with van der Waals surface area (Å²) < 4.78 is 7.68. The fraction of sp³-hybridized carbons (Fsp3) is 0.571. The van der Waals surface area contributed by atoms with E-state index in [0.717, 1.165) is 37.9 Å². The van der Waals surface area contributed by atoms with Crippen molar-refractivity contribution in [3.63, 3.8) is 0 Å². The number of carbonyl (C=O) groups excluding carboxylic acids is 2. The van der Waals surface area contributed by atoms with E-state index in [9.17, 15) is 9.59 Å². The van der Waals surface area contributed by atoms with Crippen molar-refractivity contribution in [1.82, 2.24) is 19.3 Å². The van der Waals surface area contributed by atoms with Gasteiger partial charge in [-0.2, -0.15) is 0 Å². The number of nitrogens with zero attached hydrogens (tertiary/aromatic N) is 4. The first kappa shape index (κ1) is 26.8. The van der Waals surface area contributed by atoms with Crippen molar-refractivity contribution in [2.45, 2.75) is 64.6 Å². The number of hydrogen-bond acceptors (Lipinski definition) is 3. The van der Waals surface area contributed by atoms with Gasteiger partial charge in [-0.3, -0.25) is 4.79 Å². The maximum absolute atomic E-state index is 13.7. The van der Waals surface area contributed by atoms with Gasteiger partial charge in [-0.15, -0.1) is 0 Å². The first-order chi connectivity index (χ1) is 17.0. The van der Waals surface area contributed by atoms with E-state index in [-0.39, 0.29) is 24.5 Å². The summed E-state index contributed by atoms with van der Waals surface area (Å²) in [5.41, 5.74) is 2.35. The number of aromatic nitrogens is 1. The van der Waals surface area contributed by atoms with E-state index >= 15 is 0 Å². The molecule has 0 aliphatic heterocycles. The van der Waals surface area contributed by atoms with Gasteiger partial charge in [0.25, 0.3) is 0 Å². The predicted octanol–water partition coefficient (Wildman–Crippen LogP) is 4.61. The van der Waals surface area contributed by atoms with Gasteiger partial charge in [-0.1, -0.05) is 49.6 Å². The lowest BCUT2D eigenvalue weighted by molar-refractivity contribution is -0.135. The summed E-state index contributed by atoms with van der Waals surface area (Å²) in [6.07, 6.45) is 8.37. The van der Waals surface area contributed by atoms with Crippen LogP contribution < -0.4 is 0 Å². The van der Waals surface area contributed by atoms with Crippen LogP contribution in [0.2, 0.25) is 0 Å². The Morgan fingerprint density at radius 2 is 1.77 bits per heavy atom. The van der Waals surface area contributed by atoms with E-state index in [4.69, 9.17) is 4.74 Å². The lowest BCUT2D eigenvalue weighted by atomic mass is 9.94. The van der Waals surface area contributed by atoms with Crippen molar-refractivity contribution in [2.75, 3.05) is 40.4 Å². The third-order valence-corrected chi connectivity index (χ3v) is 6.69. The summed E-state index contributed by atoms with van der Waals surface area (Å²) in [5, 5.41) is 0. The van der Waals surface area contributed by atoms with Crippen molar-refractivity contribution >= 4 is 11.9 Å². The van der Waals surface area contributed by atoms with Gasteiger partial charge in [0.2, 0.25) is 5.91 Å². The van der Waals surface area contributed by atoms with Crippen LogP contribution in [-0.2, 0) is 22.6 Å². The van der Waals surface area contributed by atoms with Gasteiger partial charge < -0.3 is 24.0 Å². The van der Waals surface area contributed by atoms with E-state index in [2.05, 4.69) is 47.2 Å². The molecule has 0 spiro atoms. The van der Waals surface area contributed by atoms with Gasteiger partial charge in [0.1, 0.15) is 6.54 Å². The number of hydrogen-bond donors (Lipinski definition) is 0. The van der Waals surface area contributed by atoms with Crippen LogP contribution >= 0.6 is 0 Å². The van der Waals surface area contributed by atoms with E-state index in [0.29, 0.717) is 32.7 Å². The van der Waals surface area contributed by atoms with E-state index in [1.54, 1.807) is 23.9 Å². The van der Waals surface area contributed by atoms with Crippen LogP contribution in [0.15, 0.2) is 48.7 Å². The van der Waals surface area contributed by atoms with Gasteiger partial charge in [0.15, 0.2) is 0 Å². The van der Waals surface area contributed by atoms with Crippen LogP contribution in [-0.4, -0.2) is 77.6 Å². The molecule has 0 atom stereocenters. The Kier molecular flexibility index (Phi) is 10.7. The zero-order valence-corrected chi connectivity index (χ0v) is 21.7. The van der Waals surface area contributed by atoms with Crippen molar-refractivity contribution in [2.24, 2.45) is 0 Å². The smallest absolute Gasteiger partial charge is 0.319 e. The molecular formula is C28H42N4O3. The minimum absolute atomic E-state index is 0.0240. The molecule has 192 valence electrons. The number of urea groups is 1. The topological polar surface area (TPSA) is 58.0 Å². The average Bonchev–Trinajstić information content (AvgIpc) is 3.31. The summed E-state index contributed by atoms with van der Waals surface area (Å²) in [4.78, 5) is 31.8. The molecule has 3 amide bonds. The summed E-state index contributed by atoms with van der Waals surface area (Å²) in [5.74, 6) is 0.0240. The predicted molar refractivity (Wildman–Crippen MR) is 139 cm³/mol. The Hall–Kier alpha value is -2.80. The van der Waals surface area contributed by atoms with E-state index < -0.39 is 0 Å². The second-order valence-corrected chi connectivity index (χ2v) is 9.58. The largest absolute Gasteiger partial charge is 0.382 e. The highest BCUT2D eigenvalue weighted by Crippen LogP contribution is 2.25. The van der Waals surface area contributed by atoms with Gasteiger partial charge in [0.05, 0.1) is 6.54 Å². The van der Waals surface area contributed by atoms with Gasteiger partial charge in [-0.25, -0.2) is 4.79 Å². The minimum Gasteiger partial charge on any atom is -0.382 e. The van der Waals surface area contributed by atoms with Crippen LogP contribution in [0.4, 0.5) is 4.79 Å². The van der Waals surface area contributed by atoms with Crippen LogP contribution in [0.3, 0.4) is 0 Å². The Morgan fingerprint density at radius 3 is 2.46 bits per heavy atom. The average molecular weight is 483 g/mol. The van der Waals surface area contributed by atoms with Crippen LogP contribution in [0.5, 0.6) is 0 Å². The standard InChI is InChI=1S/C28H42N4O3/c1-4-35-20-12-19-31(28(34)29(2)3)23-27(33)32(25-15-9-6-10-16-25)22-26-17-11-18-30(26)21-24-13-7-5-8-14-24/h5,7-8,11,13-14,17-18,25H,4,6,9-10,12,15-16,19-23H2,1-3H3. The molecule has 1 heterocycles. The molecule has 0 unspecified atom stereocenters. The maximum Gasteiger partial charge on any atom is 0.319 e. The Labute approximate surface area is 210 Å². The lowest BCUT2D eigenvalue weighted by Crippen LogP contribution is -2.49. The van der Waals surface area contributed by atoms with Crippen LogP contribution in [0.25, 0.3) is 0 Å². The monoisotopic (exact) mass is 482 g/mol. The molecule has 0 radical (unpaired) electrons. The van der Waals surface area contributed by atoms with Crippen molar-refractivity contribution in [3.05, 3.63) is 59.9 Å². The second kappa shape index (κ2) is 13.9.